The van der Waals surface area contributed by atoms with Gasteiger partial charge in [-0.2, -0.15) is 0 Å². The van der Waals surface area contributed by atoms with Crippen LogP contribution in [0.25, 0.3) is 33.2 Å². The number of benzene rings is 1. The normalized spacial score (nSPS) is 10.7. The fourth-order valence-corrected chi connectivity index (χ4v) is 3.58. The Kier molecular flexibility index (Phi) is 3.93. The van der Waals surface area contributed by atoms with Crippen LogP contribution in [0.1, 0.15) is 5.56 Å². The topological polar surface area (TPSA) is 25.8 Å². The van der Waals surface area contributed by atoms with Gasteiger partial charge in [0.05, 0.1) is 27.7 Å². The molecule has 0 aliphatic heterocycles. The maximum Gasteiger partial charge on any atom is 0.0894 e. The average molecular weight is 328 g/mol. The van der Waals surface area contributed by atoms with Crippen LogP contribution in [-0.4, -0.2) is 9.97 Å². The van der Waals surface area contributed by atoms with E-state index in [0.29, 0.717) is 0 Å². The molecule has 0 atom stereocenters. The van der Waals surface area contributed by atoms with Crippen molar-refractivity contribution in [2.45, 2.75) is 6.92 Å². The molecular weight excluding hydrogens is 312 g/mol. The maximum atomic E-state index is 4.83. The summed E-state index contributed by atoms with van der Waals surface area (Å²) in [6.45, 7) is 2.12. The molecule has 0 N–H and O–H groups in total. The molecule has 3 heteroatoms. The van der Waals surface area contributed by atoms with E-state index in [2.05, 4.69) is 36.6 Å². The van der Waals surface area contributed by atoms with E-state index < -0.39 is 0 Å². The van der Waals surface area contributed by atoms with E-state index in [0.717, 1.165) is 28.3 Å². The van der Waals surface area contributed by atoms with E-state index in [1.807, 2.05) is 48.5 Å². The third-order valence-electron chi connectivity index (χ3n) is 3.92. The van der Waals surface area contributed by atoms with Gasteiger partial charge in [-0.05, 0) is 48.2 Å². The van der Waals surface area contributed by atoms with Crippen LogP contribution in [0.3, 0.4) is 0 Å². The van der Waals surface area contributed by atoms with Crippen LogP contribution in [0.4, 0.5) is 0 Å². The molecule has 4 aromatic rings. The van der Waals surface area contributed by atoms with Crippen molar-refractivity contribution in [1.82, 2.24) is 9.97 Å². The summed E-state index contributed by atoms with van der Waals surface area (Å²) in [4.78, 5) is 10.8. The van der Waals surface area contributed by atoms with E-state index in [-0.39, 0.29) is 0 Å². The van der Waals surface area contributed by atoms with E-state index in [1.54, 1.807) is 11.3 Å². The number of hydrogen-bond acceptors (Lipinski definition) is 3. The number of rotatable bonds is 3. The minimum Gasteiger partial charge on any atom is -0.246 e. The number of thiophene rings is 1. The van der Waals surface area contributed by atoms with E-state index in [1.165, 1.54) is 10.4 Å². The van der Waals surface area contributed by atoms with Crippen LogP contribution in [0.15, 0.2) is 78.2 Å². The van der Waals surface area contributed by atoms with Gasteiger partial charge in [-0.25, -0.2) is 9.97 Å². The first-order valence-electron chi connectivity index (χ1n) is 7.85. The summed E-state index contributed by atoms with van der Waals surface area (Å²) in [6, 6.07) is 24.6. The van der Waals surface area contributed by atoms with Crippen molar-refractivity contribution in [2.24, 2.45) is 0 Å². The largest absolute Gasteiger partial charge is 0.246 e. The molecule has 0 amide bonds. The Morgan fingerprint density at radius 2 is 1.25 bits per heavy atom. The molecule has 0 saturated heterocycles. The molecule has 116 valence electrons. The summed E-state index contributed by atoms with van der Waals surface area (Å²) in [5.74, 6) is 0. The van der Waals surface area contributed by atoms with Gasteiger partial charge in [-0.3, -0.25) is 0 Å². The smallest absolute Gasteiger partial charge is 0.0894 e. The van der Waals surface area contributed by atoms with Gasteiger partial charge in [0, 0.05) is 5.56 Å². The molecule has 0 aliphatic carbocycles. The van der Waals surface area contributed by atoms with Crippen LogP contribution < -0.4 is 0 Å². The summed E-state index contributed by atoms with van der Waals surface area (Å²) in [7, 11) is 0. The lowest BCUT2D eigenvalue weighted by Gasteiger charge is -2.06. The van der Waals surface area contributed by atoms with Gasteiger partial charge in [-0.15, -0.1) is 11.3 Å². The predicted octanol–water partition coefficient (Wildman–Crippen LogP) is 5.85. The SMILES string of the molecule is Cc1ccsc1-c1cccc(-c2cccc(-c3ccccc3)n2)n1. The molecule has 0 saturated carbocycles. The molecule has 0 unspecified atom stereocenters. The summed E-state index contributed by atoms with van der Waals surface area (Å²) in [5.41, 5.74) is 6.14. The van der Waals surface area contributed by atoms with E-state index >= 15 is 0 Å². The number of pyridine rings is 2. The molecule has 0 radical (unpaired) electrons. The molecule has 2 nitrogen and oxygen atoms in total. The Hall–Kier alpha value is -2.78. The van der Waals surface area contributed by atoms with Crippen molar-refractivity contribution in [3.05, 3.63) is 83.7 Å². The molecule has 0 aliphatic rings. The average Bonchev–Trinajstić information content (AvgIpc) is 3.09. The van der Waals surface area contributed by atoms with Crippen molar-refractivity contribution >= 4 is 11.3 Å². The monoisotopic (exact) mass is 328 g/mol. The van der Waals surface area contributed by atoms with E-state index in [9.17, 15) is 0 Å². The first-order valence-corrected chi connectivity index (χ1v) is 8.73. The molecule has 0 bridgehead atoms. The van der Waals surface area contributed by atoms with Gasteiger partial charge < -0.3 is 0 Å². The maximum absolute atomic E-state index is 4.83. The second kappa shape index (κ2) is 6.38. The summed E-state index contributed by atoms with van der Waals surface area (Å²) >= 11 is 1.72. The zero-order chi connectivity index (χ0) is 16.4. The Labute approximate surface area is 145 Å². The highest BCUT2D eigenvalue weighted by Crippen LogP contribution is 2.29. The van der Waals surface area contributed by atoms with Crippen LogP contribution in [-0.2, 0) is 0 Å². The Balaban J connectivity index is 1.76. The third kappa shape index (κ3) is 2.86. The lowest BCUT2D eigenvalue weighted by Crippen LogP contribution is -1.91. The minimum atomic E-state index is 0.896. The van der Waals surface area contributed by atoms with Gasteiger partial charge in [-0.1, -0.05) is 42.5 Å². The summed E-state index contributed by atoms with van der Waals surface area (Å²) < 4.78 is 0. The second-order valence-corrected chi connectivity index (χ2v) is 6.53. The van der Waals surface area contributed by atoms with Gasteiger partial charge >= 0.3 is 0 Å². The Morgan fingerprint density at radius 3 is 1.92 bits per heavy atom. The number of aromatic nitrogens is 2. The van der Waals surface area contributed by atoms with Crippen molar-refractivity contribution in [3.63, 3.8) is 0 Å². The Bertz CT molecular complexity index is 974. The standard InChI is InChI=1S/C21H16N2S/c1-15-13-14-24-21(15)20-12-6-11-19(23-20)18-10-5-9-17(22-18)16-7-3-2-4-8-16/h2-14H,1H3. The zero-order valence-electron chi connectivity index (χ0n) is 13.3. The zero-order valence-corrected chi connectivity index (χ0v) is 14.1. The summed E-state index contributed by atoms with van der Waals surface area (Å²) in [5, 5.41) is 2.10. The van der Waals surface area contributed by atoms with Crippen molar-refractivity contribution in [2.75, 3.05) is 0 Å². The van der Waals surface area contributed by atoms with Gasteiger partial charge in [0.15, 0.2) is 0 Å². The molecule has 4 rings (SSSR count). The van der Waals surface area contributed by atoms with Gasteiger partial charge in [0.2, 0.25) is 0 Å². The van der Waals surface area contributed by atoms with Crippen LogP contribution in [0, 0.1) is 6.92 Å². The molecule has 0 spiro atoms. The Morgan fingerprint density at radius 1 is 0.625 bits per heavy atom. The van der Waals surface area contributed by atoms with Crippen LogP contribution in [0.5, 0.6) is 0 Å². The highest BCUT2D eigenvalue weighted by atomic mass is 32.1. The lowest BCUT2D eigenvalue weighted by atomic mass is 10.1. The van der Waals surface area contributed by atoms with Crippen molar-refractivity contribution in [1.29, 1.82) is 0 Å². The lowest BCUT2D eigenvalue weighted by molar-refractivity contribution is 1.25. The molecule has 1 aromatic carbocycles. The predicted molar refractivity (Wildman–Crippen MR) is 101 cm³/mol. The van der Waals surface area contributed by atoms with Gasteiger partial charge in [0.1, 0.15) is 0 Å². The fourth-order valence-electron chi connectivity index (χ4n) is 2.69. The quantitative estimate of drug-likeness (QED) is 0.471. The third-order valence-corrected chi connectivity index (χ3v) is 4.96. The number of hydrogen-bond donors (Lipinski definition) is 0. The second-order valence-electron chi connectivity index (χ2n) is 5.61. The number of nitrogens with zero attached hydrogens (tertiary/aromatic N) is 2. The fraction of sp³-hybridized carbons (Fsp3) is 0.0476. The molecule has 0 fully saturated rings. The van der Waals surface area contributed by atoms with Crippen molar-refractivity contribution < 1.29 is 0 Å². The van der Waals surface area contributed by atoms with Crippen molar-refractivity contribution in [3.8, 4) is 33.2 Å². The van der Waals surface area contributed by atoms with Crippen LogP contribution >= 0.6 is 11.3 Å². The number of aryl methyl sites for hydroxylation is 1. The molecule has 3 aromatic heterocycles. The summed E-state index contributed by atoms with van der Waals surface area (Å²) in [6.07, 6.45) is 0. The first kappa shape index (κ1) is 14.8. The van der Waals surface area contributed by atoms with Gasteiger partial charge in [0.25, 0.3) is 0 Å². The molecular formula is C21H16N2S. The minimum absolute atomic E-state index is 0.896. The van der Waals surface area contributed by atoms with Crippen LogP contribution in [0.2, 0.25) is 0 Å². The first-order chi connectivity index (χ1) is 11.8. The highest BCUT2D eigenvalue weighted by molar-refractivity contribution is 7.13. The highest BCUT2D eigenvalue weighted by Gasteiger charge is 2.08. The molecule has 24 heavy (non-hydrogen) atoms. The van der Waals surface area contributed by atoms with E-state index in [4.69, 9.17) is 9.97 Å². The molecule has 3 heterocycles.